The van der Waals surface area contributed by atoms with E-state index in [4.69, 9.17) is 0 Å². The van der Waals surface area contributed by atoms with Crippen LogP contribution in [-0.4, -0.2) is 25.1 Å². The molecule has 0 amide bonds. The van der Waals surface area contributed by atoms with Crippen molar-refractivity contribution in [1.29, 1.82) is 26.3 Å². The number of rotatable bonds is 4. The SMILES string of the molecule is N#CB1C(C#N)=C(C#N)C(C#N)=C(C#N)[CH]1[Sn]([c]1ccccc1)([c]1ccccc1)[c]1ccccc1. The van der Waals surface area contributed by atoms with Crippen molar-refractivity contribution in [2.45, 2.75) is 3.83 Å². The first kappa shape index (κ1) is 23.6. The second-order valence-corrected chi connectivity index (χ2v) is 19.3. The van der Waals surface area contributed by atoms with Crippen molar-refractivity contribution in [3.8, 4) is 30.2 Å². The van der Waals surface area contributed by atoms with E-state index < -0.39 is 28.9 Å². The molecule has 0 radical (unpaired) electrons. The summed E-state index contributed by atoms with van der Waals surface area (Å²) in [5, 5.41) is 50.8. The molecule has 160 valence electrons. The third-order valence-corrected chi connectivity index (χ3v) is 21.6. The van der Waals surface area contributed by atoms with Crippen molar-refractivity contribution in [2.75, 3.05) is 0 Å². The number of allylic oxidation sites excluding steroid dienone is 4. The summed E-state index contributed by atoms with van der Waals surface area (Å²) in [6, 6.07) is 37.6. The Bertz CT molecular complexity index is 1450. The van der Waals surface area contributed by atoms with E-state index in [1.807, 2.05) is 109 Å². The molecule has 3 aromatic rings. The minimum atomic E-state index is -4.42. The van der Waals surface area contributed by atoms with Gasteiger partial charge in [0, 0.05) is 0 Å². The molecule has 7 heteroatoms. The van der Waals surface area contributed by atoms with Gasteiger partial charge < -0.3 is 0 Å². The van der Waals surface area contributed by atoms with Crippen LogP contribution in [0.1, 0.15) is 0 Å². The Kier molecular flexibility index (Phi) is 6.85. The van der Waals surface area contributed by atoms with Crippen LogP contribution < -0.4 is 10.7 Å². The van der Waals surface area contributed by atoms with Crippen molar-refractivity contribution in [3.05, 3.63) is 113 Å². The monoisotopic (exact) mass is 553 g/mol. The Balaban J connectivity index is 2.27. The molecule has 1 heterocycles. The van der Waals surface area contributed by atoms with E-state index in [0.29, 0.717) is 0 Å². The summed E-state index contributed by atoms with van der Waals surface area (Å²) in [7, 11) is 0. The zero-order chi connectivity index (χ0) is 24.8. The fraction of sp³-hybridized carbons (Fsp3) is 0.0357. The average molecular weight is 552 g/mol. The van der Waals surface area contributed by atoms with Crippen LogP contribution in [0.15, 0.2) is 113 Å². The first-order valence-electron chi connectivity index (χ1n) is 10.8. The maximum atomic E-state index is 10.4. The molecule has 0 aromatic heterocycles. The van der Waals surface area contributed by atoms with E-state index in [1.165, 1.54) is 0 Å². The molecule has 0 N–H and O–H groups in total. The molecule has 1 unspecified atom stereocenters. The molecule has 0 aliphatic carbocycles. The molecule has 1 aliphatic heterocycles. The van der Waals surface area contributed by atoms with Gasteiger partial charge in [-0.15, -0.1) is 0 Å². The molecule has 0 bridgehead atoms. The molecule has 0 spiro atoms. The zero-order valence-electron chi connectivity index (χ0n) is 18.6. The number of nitriles is 5. The van der Waals surface area contributed by atoms with Crippen LogP contribution in [0.2, 0.25) is 3.83 Å². The van der Waals surface area contributed by atoms with E-state index in [9.17, 15) is 26.3 Å². The van der Waals surface area contributed by atoms with Gasteiger partial charge in [-0.25, -0.2) is 0 Å². The average Bonchev–Trinajstić information content (AvgIpc) is 2.94. The van der Waals surface area contributed by atoms with Crippen LogP contribution in [0.25, 0.3) is 0 Å². The molecule has 3 aromatic carbocycles. The van der Waals surface area contributed by atoms with E-state index in [1.54, 1.807) is 0 Å². The van der Waals surface area contributed by atoms with Crippen LogP contribution in [0.3, 0.4) is 0 Å². The molecule has 5 nitrogen and oxygen atoms in total. The van der Waals surface area contributed by atoms with Crippen LogP contribution >= 0.6 is 0 Å². The number of hydrogen-bond acceptors (Lipinski definition) is 5. The van der Waals surface area contributed by atoms with Crippen LogP contribution in [0.5, 0.6) is 0 Å². The summed E-state index contributed by atoms with van der Waals surface area (Å²) in [5.74, 6) is 2.27. The van der Waals surface area contributed by atoms with Crippen molar-refractivity contribution >= 4 is 35.8 Å². The van der Waals surface area contributed by atoms with E-state index in [-0.39, 0.29) is 22.2 Å². The normalized spacial score (nSPS) is 15.3. The molecule has 4 rings (SSSR count). The fourth-order valence-electron chi connectivity index (χ4n) is 5.14. The Morgan fingerprint density at radius 1 is 0.543 bits per heavy atom. The molecular formula is C28H16BN5Sn. The summed E-state index contributed by atoms with van der Waals surface area (Å²) < 4.78 is 2.29. The maximum absolute atomic E-state index is 10.4. The summed E-state index contributed by atoms with van der Waals surface area (Å²) in [6.45, 7) is -1.04. The van der Waals surface area contributed by atoms with Gasteiger partial charge in [0.05, 0.1) is 0 Å². The molecule has 35 heavy (non-hydrogen) atoms. The minimum absolute atomic E-state index is 0.0422. The van der Waals surface area contributed by atoms with Crippen molar-refractivity contribution in [3.63, 3.8) is 0 Å². The quantitative estimate of drug-likeness (QED) is 0.462. The van der Waals surface area contributed by atoms with Gasteiger partial charge in [0.2, 0.25) is 0 Å². The molecule has 1 aliphatic rings. The molecule has 1 atom stereocenters. The predicted octanol–water partition coefficient (Wildman–Crippen LogP) is 2.86. The zero-order valence-corrected chi connectivity index (χ0v) is 21.4. The predicted molar refractivity (Wildman–Crippen MR) is 136 cm³/mol. The van der Waals surface area contributed by atoms with Gasteiger partial charge in [0.25, 0.3) is 0 Å². The Labute approximate surface area is 208 Å². The first-order chi connectivity index (χ1) is 17.2. The van der Waals surface area contributed by atoms with Gasteiger partial charge in [0.1, 0.15) is 0 Å². The van der Waals surface area contributed by atoms with E-state index in [0.717, 1.165) is 10.7 Å². The van der Waals surface area contributed by atoms with E-state index >= 15 is 0 Å². The fourth-order valence-corrected chi connectivity index (χ4v) is 21.2. The van der Waals surface area contributed by atoms with Crippen molar-refractivity contribution in [1.82, 2.24) is 0 Å². The van der Waals surface area contributed by atoms with Crippen LogP contribution in [0, 0.1) is 56.6 Å². The van der Waals surface area contributed by atoms with E-state index in [2.05, 4.69) is 12.0 Å². The summed E-state index contributed by atoms with van der Waals surface area (Å²) in [5.41, 5.74) is -0.211. The summed E-state index contributed by atoms with van der Waals surface area (Å²) >= 11 is -4.42. The standard InChI is InChI=1S/C10HBN5.3C6H5.Sn/c12-2-7-1-11(6-16)10(5-15)9(4-14)8(7)3-13;3*1-2-4-6-5-3-1;/h1H;3*1-5H;. The van der Waals surface area contributed by atoms with Crippen molar-refractivity contribution < 1.29 is 0 Å². The van der Waals surface area contributed by atoms with Gasteiger partial charge in [-0.05, 0) is 0 Å². The Morgan fingerprint density at radius 3 is 1.29 bits per heavy atom. The topological polar surface area (TPSA) is 119 Å². The second-order valence-electron chi connectivity index (χ2n) is 8.02. The summed E-state index contributed by atoms with van der Waals surface area (Å²) in [4.78, 5) is 0. The Hall–Kier alpha value is -4.55. The Morgan fingerprint density at radius 2 is 0.971 bits per heavy atom. The van der Waals surface area contributed by atoms with Crippen molar-refractivity contribution in [2.24, 2.45) is 0 Å². The number of nitrogens with zero attached hydrogens (tertiary/aromatic N) is 5. The third kappa shape index (κ3) is 3.70. The second kappa shape index (κ2) is 10.2. The van der Waals surface area contributed by atoms with Gasteiger partial charge in [-0.3, -0.25) is 0 Å². The molecular weight excluding hydrogens is 536 g/mol. The number of benzene rings is 3. The number of hydrogen-bond donors (Lipinski definition) is 0. The van der Waals surface area contributed by atoms with Gasteiger partial charge >= 0.3 is 209 Å². The van der Waals surface area contributed by atoms with Gasteiger partial charge in [-0.2, -0.15) is 0 Å². The third-order valence-electron chi connectivity index (χ3n) is 6.50. The van der Waals surface area contributed by atoms with Gasteiger partial charge in [0.15, 0.2) is 0 Å². The summed E-state index contributed by atoms with van der Waals surface area (Å²) in [6.07, 6.45) is 0. The molecule has 0 saturated carbocycles. The molecule has 0 fully saturated rings. The van der Waals surface area contributed by atoms with Crippen LogP contribution in [0.4, 0.5) is 0 Å². The van der Waals surface area contributed by atoms with Gasteiger partial charge in [-0.1, -0.05) is 0 Å². The first-order valence-corrected chi connectivity index (χ1v) is 16.8. The molecule has 0 saturated heterocycles. The van der Waals surface area contributed by atoms with Crippen LogP contribution in [-0.2, 0) is 0 Å².